The summed E-state index contributed by atoms with van der Waals surface area (Å²) in [6, 6.07) is 12.1. The van der Waals surface area contributed by atoms with Crippen LogP contribution in [0.5, 0.6) is 11.5 Å². The van der Waals surface area contributed by atoms with Crippen molar-refractivity contribution in [1.29, 1.82) is 0 Å². The van der Waals surface area contributed by atoms with Gasteiger partial charge in [-0.2, -0.15) is 0 Å². The lowest BCUT2D eigenvalue weighted by Gasteiger charge is -2.10. The summed E-state index contributed by atoms with van der Waals surface area (Å²) in [5.74, 6) is 0.765. The van der Waals surface area contributed by atoms with Crippen LogP contribution in [0.4, 0.5) is 11.4 Å². The number of nitrogens with zero attached hydrogens (tertiary/aromatic N) is 1. The smallest absolute Gasteiger partial charge is 0.334 e. The summed E-state index contributed by atoms with van der Waals surface area (Å²) in [6.45, 7) is 2.48. The number of hydrogen-bond donors (Lipinski definition) is 1. The molecule has 1 N–H and O–H groups in total. The highest BCUT2D eigenvalue weighted by Crippen LogP contribution is 2.37. The molecule has 0 aliphatic rings. The molecule has 0 aromatic heterocycles. The molecule has 0 aliphatic carbocycles. The number of nitro groups is 1. The lowest BCUT2D eigenvalue weighted by atomic mass is 10.2. The van der Waals surface area contributed by atoms with Crippen molar-refractivity contribution in [3.8, 4) is 11.5 Å². The van der Waals surface area contributed by atoms with E-state index in [0.29, 0.717) is 18.0 Å². The van der Waals surface area contributed by atoms with Crippen molar-refractivity contribution in [3.05, 3.63) is 57.1 Å². The molecule has 104 valence electrons. The van der Waals surface area contributed by atoms with E-state index in [1.165, 1.54) is 0 Å². The van der Waals surface area contributed by atoms with E-state index in [1.807, 2.05) is 19.1 Å². The number of rotatable bonds is 5. The Balaban J connectivity index is 2.37. The van der Waals surface area contributed by atoms with E-state index in [-0.39, 0.29) is 11.4 Å². The second kappa shape index (κ2) is 6.38. The summed E-state index contributed by atoms with van der Waals surface area (Å²) < 4.78 is 6.53. The first-order valence-electron chi connectivity index (χ1n) is 6.06. The standard InChI is InChI=1S/C14H13BrN2O3/c1-2-16-12-4-3-5-13(14(12)17(18)19)20-11-8-6-10(15)7-9-11/h3-9,16H,2H2,1H3. The van der Waals surface area contributed by atoms with Gasteiger partial charge in [-0.25, -0.2) is 0 Å². The molecular weight excluding hydrogens is 324 g/mol. The van der Waals surface area contributed by atoms with Crippen LogP contribution >= 0.6 is 15.9 Å². The minimum Gasteiger partial charge on any atom is -0.450 e. The van der Waals surface area contributed by atoms with Crippen LogP contribution in [0, 0.1) is 10.1 Å². The number of ether oxygens (including phenoxy) is 1. The monoisotopic (exact) mass is 336 g/mol. The Hall–Kier alpha value is -2.08. The molecular formula is C14H13BrN2O3. The van der Waals surface area contributed by atoms with Crippen molar-refractivity contribution in [2.45, 2.75) is 6.92 Å². The van der Waals surface area contributed by atoms with Crippen molar-refractivity contribution in [2.75, 3.05) is 11.9 Å². The number of nitrogens with one attached hydrogen (secondary N) is 1. The normalized spacial score (nSPS) is 10.1. The fraction of sp³-hybridized carbons (Fsp3) is 0.143. The van der Waals surface area contributed by atoms with Gasteiger partial charge in [-0.3, -0.25) is 10.1 Å². The Morgan fingerprint density at radius 3 is 2.55 bits per heavy atom. The topological polar surface area (TPSA) is 64.4 Å². The van der Waals surface area contributed by atoms with Gasteiger partial charge in [0.2, 0.25) is 5.75 Å². The predicted octanol–water partition coefficient (Wildman–Crippen LogP) is 4.58. The van der Waals surface area contributed by atoms with Crippen LogP contribution in [-0.4, -0.2) is 11.5 Å². The van der Waals surface area contributed by atoms with Crippen molar-refractivity contribution in [1.82, 2.24) is 0 Å². The third-order valence-electron chi connectivity index (χ3n) is 2.59. The van der Waals surface area contributed by atoms with Crippen molar-refractivity contribution >= 4 is 27.3 Å². The van der Waals surface area contributed by atoms with Gasteiger partial charge in [-0.1, -0.05) is 22.0 Å². The first-order chi connectivity index (χ1) is 9.61. The van der Waals surface area contributed by atoms with Gasteiger partial charge >= 0.3 is 5.69 Å². The summed E-state index contributed by atoms with van der Waals surface area (Å²) in [4.78, 5) is 10.8. The molecule has 2 rings (SSSR count). The maximum atomic E-state index is 11.2. The minimum absolute atomic E-state index is 0.0581. The van der Waals surface area contributed by atoms with Crippen molar-refractivity contribution in [2.24, 2.45) is 0 Å². The highest BCUT2D eigenvalue weighted by molar-refractivity contribution is 9.10. The SMILES string of the molecule is CCNc1cccc(Oc2ccc(Br)cc2)c1[N+](=O)[O-]. The molecule has 6 heteroatoms. The lowest BCUT2D eigenvalue weighted by Crippen LogP contribution is -2.02. The summed E-state index contributed by atoms with van der Waals surface area (Å²) >= 11 is 3.33. The third-order valence-corrected chi connectivity index (χ3v) is 3.12. The Bertz CT molecular complexity index is 614. The van der Waals surface area contributed by atoms with Crippen molar-refractivity contribution in [3.63, 3.8) is 0 Å². The second-order valence-corrected chi connectivity index (χ2v) is 4.91. The molecule has 0 saturated carbocycles. The molecule has 20 heavy (non-hydrogen) atoms. The molecule has 2 aromatic rings. The van der Waals surface area contributed by atoms with Gasteiger partial charge in [0.15, 0.2) is 0 Å². The maximum Gasteiger partial charge on any atom is 0.334 e. The zero-order valence-corrected chi connectivity index (χ0v) is 12.4. The van der Waals surface area contributed by atoms with E-state index in [1.54, 1.807) is 30.3 Å². The minimum atomic E-state index is -0.438. The molecule has 0 radical (unpaired) electrons. The van der Waals surface area contributed by atoms with E-state index in [2.05, 4.69) is 21.2 Å². The summed E-state index contributed by atoms with van der Waals surface area (Å²) in [5.41, 5.74) is 0.393. The van der Waals surface area contributed by atoms with Crippen LogP contribution < -0.4 is 10.1 Å². The molecule has 0 atom stereocenters. The van der Waals surface area contributed by atoms with Gasteiger partial charge < -0.3 is 10.1 Å². The van der Waals surface area contributed by atoms with Crippen LogP contribution in [0.2, 0.25) is 0 Å². The summed E-state index contributed by atoms with van der Waals surface area (Å²) in [7, 11) is 0. The van der Waals surface area contributed by atoms with Gasteiger partial charge in [0.25, 0.3) is 0 Å². The lowest BCUT2D eigenvalue weighted by molar-refractivity contribution is -0.384. The van der Waals surface area contributed by atoms with Crippen LogP contribution in [0.25, 0.3) is 0 Å². The molecule has 0 bridgehead atoms. The maximum absolute atomic E-state index is 11.2. The number of para-hydroxylation sites is 1. The fourth-order valence-electron chi connectivity index (χ4n) is 1.76. The van der Waals surface area contributed by atoms with Crippen LogP contribution in [-0.2, 0) is 0 Å². The number of halogens is 1. The van der Waals surface area contributed by atoms with Crippen molar-refractivity contribution < 1.29 is 9.66 Å². The van der Waals surface area contributed by atoms with Crippen LogP contribution in [0.15, 0.2) is 46.9 Å². The van der Waals surface area contributed by atoms with Gasteiger partial charge in [0.1, 0.15) is 11.4 Å². The Kier molecular flexibility index (Phi) is 4.57. The Labute approximate surface area is 124 Å². The van der Waals surface area contributed by atoms with E-state index < -0.39 is 4.92 Å². The number of hydrogen-bond acceptors (Lipinski definition) is 4. The quantitative estimate of drug-likeness (QED) is 0.641. The number of nitro benzene ring substituents is 1. The van der Waals surface area contributed by atoms with Crippen LogP contribution in [0.1, 0.15) is 6.92 Å². The molecule has 0 fully saturated rings. The largest absolute Gasteiger partial charge is 0.450 e. The molecule has 0 spiro atoms. The second-order valence-electron chi connectivity index (χ2n) is 4.00. The first kappa shape index (κ1) is 14.3. The number of benzene rings is 2. The molecule has 0 amide bonds. The fourth-order valence-corrected chi connectivity index (χ4v) is 2.02. The average molecular weight is 337 g/mol. The van der Waals surface area contributed by atoms with Gasteiger partial charge in [-0.05, 0) is 43.3 Å². The predicted molar refractivity (Wildman–Crippen MR) is 81.5 cm³/mol. The van der Waals surface area contributed by atoms with Gasteiger partial charge in [-0.15, -0.1) is 0 Å². The molecule has 0 heterocycles. The molecule has 2 aromatic carbocycles. The summed E-state index contributed by atoms with van der Waals surface area (Å²) in [6.07, 6.45) is 0. The Morgan fingerprint density at radius 2 is 1.95 bits per heavy atom. The molecule has 5 nitrogen and oxygen atoms in total. The molecule has 0 saturated heterocycles. The third kappa shape index (κ3) is 3.27. The zero-order valence-electron chi connectivity index (χ0n) is 10.8. The van der Waals surface area contributed by atoms with E-state index in [0.717, 1.165) is 4.47 Å². The van der Waals surface area contributed by atoms with E-state index in [9.17, 15) is 10.1 Å². The number of anilines is 1. The van der Waals surface area contributed by atoms with Gasteiger partial charge in [0, 0.05) is 11.0 Å². The molecule has 0 unspecified atom stereocenters. The summed E-state index contributed by atoms with van der Waals surface area (Å²) in [5, 5.41) is 14.2. The average Bonchev–Trinajstić information content (AvgIpc) is 2.41. The highest BCUT2D eigenvalue weighted by Gasteiger charge is 2.21. The first-order valence-corrected chi connectivity index (χ1v) is 6.86. The van der Waals surface area contributed by atoms with E-state index in [4.69, 9.17) is 4.74 Å². The van der Waals surface area contributed by atoms with Gasteiger partial charge in [0.05, 0.1) is 4.92 Å². The molecule has 0 aliphatic heterocycles. The van der Waals surface area contributed by atoms with E-state index >= 15 is 0 Å². The van der Waals surface area contributed by atoms with Crippen LogP contribution in [0.3, 0.4) is 0 Å². The highest BCUT2D eigenvalue weighted by atomic mass is 79.9. The zero-order chi connectivity index (χ0) is 14.5. The Morgan fingerprint density at radius 1 is 1.25 bits per heavy atom.